The maximum atomic E-state index is 12.0. The van der Waals surface area contributed by atoms with Crippen molar-refractivity contribution in [2.75, 3.05) is 6.16 Å². The topological polar surface area (TPSA) is 112 Å². The molecule has 2 unspecified atom stereocenters. The van der Waals surface area contributed by atoms with Crippen LogP contribution in [0, 0.1) is 5.92 Å². The van der Waals surface area contributed by atoms with Gasteiger partial charge in [0, 0.05) is 12.6 Å². The summed E-state index contributed by atoms with van der Waals surface area (Å²) in [5.74, 6) is -3.09. The maximum absolute atomic E-state index is 12.0. The van der Waals surface area contributed by atoms with Gasteiger partial charge < -0.3 is 15.1 Å². The highest BCUT2D eigenvalue weighted by atomic mass is 32.1. The fraction of sp³-hybridized carbons (Fsp3) is 0.500. The zero-order chi connectivity index (χ0) is 15.2. The zero-order valence-corrected chi connectivity index (χ0v) is 12.5. The van der Waals surface area contributed by atoms with Crippen LogP contribution in [0.15, 0.2) is 16.8 Å². The molecule has 112 valence electrons. The molecule has 20 heavy (non-hydrogen) atoms. The molecule has 1 heterocycles. The molecule has 0 fully saturated rings. The summed E-state index contributed by atoms with van der Waals surface area (Å²) in [7, 11) is -3.43. The molecule has 1 aromatic heterocycles. The van der Waals surface area contributed by atoms with Crippen molar-refractivity contribution in [3.05, 3.63) is 22.4 Å². The largest absolute Gasteiger partial charge is 0.481 e. The smallest absolute Gasteiger partial charge is 0.306 e. The summed E-state index contributed by atoms with van der Waals surface area (Å²) in [6, 6.07) is 1.76. The number of hydrogen-bond donors (Lipinski definition) is 3. The normalized spacial score (nSPS) is 15.4. The van der Waals surface area contributed by atoms with Crippen molar-refractivity contribution < 1.29 is 29.3 Å². The van der Waals surface area contributed by atoms with Crippen LogP contribution in [0.5, 0.6) is 0 Å². The molecule has 0 saturated heterocycles. The minimum absolute atomic E-state index is 0.0144. The molecule has 0 aliphatic carbocycles. The minimum atomic E-state index is -3.43. The molecular weight excluding hydrogens is 303 g/mol. The second kappa shape index (κ2) is 7.57. The van der Waals surface area contributed by atoms with Gasteiger partial charge in [-0.2, -0.15) is 11.3 Å². The van der Waals surface area contributed by atoms with Crippen molar-refractivity contribution in [3.63, 3.8) is 0 Å². The van der Waals surface area contributed by atoms with Gasteiger partial charge in [-0.25, -0.2) is 0 Å². The first-order valence-electron chi connectivity index (χ1n) is 6.06. The minimum Gasteiger partial charge on any atom is -0.481 e. The van der Waals surface area contributed by atoms with E-state index in [1.165, 1.54) is 11.3 Å². The average molecular weight is 320 g/mol. The summed E-state index contributed by atoms with van der Waals surface area (Å²) in [6.07, 6.45) is -0.345. The monoisotopic (exact) mass is 320 g/mol. The summed E-state index contributed by atoms with van der Waals surface area (Å²) in [5, 5.41) is 21.1. The molecule has 0 aromatic carbocycles. The molecule has 8 heteroatoms. The van der Waals surface area contributed by atoms with Crippen LogP contribution >= 0.6 is 18.7 Å². The average Bonchev–Trinajstić information content (AvgIpc) is 2.79. The lowest BCUT2D eigenvalue weighted by atomic mass is 10.0. The lowest BCUT2D eigenvalue weighted by Gasteiger charge is -2.14. The molecule has 0 aliphatic heterocycles. The highest BCUT2D eigenvalue weighted by Gasteiger charge is 2.25. The summed E-state index contributed by atoms with van der Waals surface area (Å²) < 4.78 is 12.0. The van der Waals surface area contributed by atoms with E-state index in [9.17, 15) is 19.0 Å². The molecular formula is C12H17O6PS. The first kappa shape index (κ1) is 16.9. The van der Waals surface area contributed by atoms with E-state index in [1.54, 1.807) is 11.4 Å². The van der Waals surface area contributed by atoms with Gasteiger partial charge in [-0.3, -0.25) is 14.2 Å². The third kappa shape index (κ3) is 6.32. The molecule has 6 nitrogen and oxygen atoms in total. The zero-order valence-electron chi connectivity index (χ0n) is 10.8. The van der Waals surface area contributed by atoms with Crippen LogP contribution < -0.4 is 0 Å². The number of hydrogen-bond acceptors (Lipinski definition) is 4. The number of thiophene rings is 1. The Morgan fingerprint density at radius 1 is 1.30 bits per heavy atom. The Hall–Kier alpha value is -1.17. The van der Waals surface area contributed by atoms with Crippen molar-refractivity contribution in [1.82, 2.24) is 0 Å². The Morgan fingerprint density at radius 2 is 2.00 bits per heavy atom. The summed E-state index contributed by atoms with van der Waals surface area (Å²) >= 11 is 1.43. The Morgan fingerprint density at radius 3 is 2.50 bits per heavy atom. The number of aliphatic carboxylic acids is 2. The molecule has 1 rings (SSSR count). The molecule has 0 amide bonds. The lowest BCUT2D eigenvalue weighted by Crippen LogP contribution is -2.17. The van der Waals surface area contributed by atoms with E-state index >= 15 is 0 Å². The Labute approximate surface area is 120 Å². The molecule has 0 saturated carbocycles. The van der Waals surface area contributed by atoms with Crippen LogP contribution in [-0.2, 0) is 20.3 Å². The first-order valence-corrected chi connectivity index (χ1v) is 9.04. The molecule has 3 N–H and O–H groups in total. The fourth-order valence-corrected chi connectivity index (χ4v) is 4.23. The number of rotatable bonds is 9. The van der Waals surface area contributed by atoms with Crippen molar-refractivity contribution in [3.8, 4) is 0 Å². The van der Waals surface area contributed by atoms with Gasteiger partial charge in [0.25, 0.3) is 0 Å². The third-order valence-corrected chi connectivity index (χ3v) is 5.44. The van der Waals surface area contributed by atoms with E-state index in [-0.39, 0.29) is 31.6 Å². The van der Waals surface area contributed by atoms with Crippen molar-refractivity contribution in [2.24, 2.45) is 5.92 Å². The van der Waals surface area contributed by atoms with Crippen LogP contribution in [0.25, 0.3) is 0 Å². The second-order valence-electron chi connectivity index (χ2n) is 4.62. The summed E-state index contributed by atoms with van der Waals surface area (Å²) in [5.41, 5.74) is 0.762. The van der Waals surface area contributed by atoms with E-state index < -0.39 is 25.2 Å². The van der Waals surface area contributed by atoms with E-state index in [4.69, 9.17) is 10.2 Å². The van der Waals surface area contributed by atoms with E-state index in [0.717, 1.165) is 5.56 Å². The van der Waals surface area contributed by atoms with Crippen LogP contribution in [0.4, 0.5) is 0 Å². The quantitative estimate of drug-likeness (QED) is 0.603. The van der Waals surface area contributed by atoms with E-state index in [1.807, 2.05) is 5.38 Å². The number of carbonyl (C=O) groups is 2. The van der Waals surface area contributed by atoms with Gasteiger partial charge >= 0.3 is 11.9 Å². The van der Waals surface area contributed by atoms with Gasteiger partial charge in [-0.05, 0) is 35.2 Å². The molecule has 0 bridgehead atoms. The Balaban J connectivity index is 2.50. The third-order valence-electron chi connectivity index (χ3n) is 2.89. The molecule has 0 radical (unpaired) electrons. The van der Waals surface area contributed by atoms with Gasteiger partial charge in [0.1, 0.15) is 0 Å². The van der Waals surface area contributed by atoms with Crippen LogP contribution in [0.1, 0.15) is 24.8 Å². The molecule has 0 aliphatic rings. The van der Waals surface area contributed by atoms with Gasteiger partial charge in [0.05, 0.1) is 12.1 Å². The maximum Gasteiger partial charge on any atom is 0.306 e. The van der Waals surface area contributed by atoms with E-state index in [0.29, 0.717) is 0 Å². The Kier molecular flexibility index (Phi) is 6.39. The Bertz CT molecular complexity index is 498. The molecule has 2 atom stereocenters. The second-order valence-corrected chi connectivity index (χ2v) is 7.85. The fourth-order valence-electron chi connectivity index (χ4n) is 1.79. The first-order chi connectivity index (χ1) is 9.30. The van der Waals surface area contributed by atoms with Crippen molar-refractivity contribution >= 4 is 30.6 Å². The van der Waals surface area contributed by atoms with E-state index in [2.05, 4.69) is 0 Å². The predicted octanol–water partition coefficient (Wildman–Crippen LogP) is 2.47. The van der Waals surface area contributed by atoms with Crippen LogP contribution in [0.3, 0.4) is 0 Å². The van der Waals surface area contributed by atoms with Gasteiger partial charge in [-0.1, -0.05) is 0 Å². The van der Waals surface area contributed by atoms with Gasteiger partial charge in [0.15, 0.2) is 0 Å². The summed E-state index contributed by atoms with van der Waals surface area (Å²) in [6.45, 7) is 0. The van der Waals surface area contributed by atoms with Crippen molar-refractivity contribution in [1.29, 1.82) is 0 Å². The predicted molar refractivity (Wildman–Crippen MR) is 75.3 cm³/mol. The molecule has 1 aromatic rings. The lowest BCUT2D eigenvalue weighted by molar-refractivity contribution is -0.143. The summed E-state index contributed by atoms with van der Waals surface area (Å²) in [4.78, 5) is 31.3. The highest BCUT2D eigenvalue weighted by molar-refractivity contribution is 7.57. The number of carboxylic acid groups (broad SMARTS) is 2. The van der Waals surface area contributed by atoms with Gasteiger partial charge in [-0.15, -0.1) is 0 Å². The highest BCUT2D eigenvalue weighted by Crippen LogP contribution is 2.46. The van der Waals surface area contributed by atoms with Gasteiger partial charge in [0.2, 0.25) is 7.37 Å². The number of carboxylic acids is 2. The molecule has 0 spiro atoms. The van der Waals surface area contributed by atoms with Crippen LogP contribution in [0.2, 0.25) is 0 Å². The SMILES string of the molecule is O=C(O)CCC(CCP(=O)(O)Cc1ccsc1)C(=O)O. The van der Waals surface area contributed by atoms with Crippen LogP contribution in [-0.4, -0.2) is 33.2 Å². The van der Waals surface area contributed by atoms with Crippen molar-refractivity contribution in [2.45, 2.75) is 25.4 Å². The standard InChI is InChI=1S/C12H17O6PS/c13-11(14)2-1-10(12(15)16)3-5-19(17,18)7-9-4-6-20-8-9/h4,6,8,10H,1-3,5,7H2,(H,13,14)(H,15,16)(H,17,18).